The zero-order valence-corrected chi connectivity index (χ0v) is 20.0. The van der Waals surface area contributed by atoms with Gasteiger partial charge in [-0.3, -0.25) is 9.59 Å². The van der Waals surface area contributed by atoms with E-state index in [-0.39, 0.29) is 29.6 Å². The number of nitriles is 1. The van der Waals surface area contributed by atoms with Gasteiger partial charge in [-0.25, -0.2) is 14.6 Å². The minimum Gasteiger partial charge on any atom is -0.370 e. The number of aromatic nitrogens is 4. The van der Waals surface area contributed by atoms with E-state index in [4.69, 9.17) is 22.1 Å². The fraction of sp³-hybridized carbons (Fsp3) is 0.120. The van der Waals surface area contributed by atoms with E-state index in [0.29, 0.717) is 40.8 Å². The van der Waals surface area contributed by atoms with Crippen molar-refractivity contribution < 1.29 is 14.3 Å². The van der Waals surface area contributed by atoms with Crippen molar-refractivity contribution in [1.29, 1.82) is 5.26 Å². The van der Waals surface area contributed by atoms with Crippen molar-refractivity contribution in [2.24, 2.45) is 5.73 Å². The first-order valence-electron chi connectivity index (χ1n) is 11.1. The van der Waals surface area contributed by atoms with Crippen LogP contribution in [0.3, 0.4) is 0 Å². The van der Waals surface area contributed by atoms with Gasteiger partial charge in [0.1, 0.15) is 12.7 Å². The Labute approximate surface area is 216 Å². The Hall–Kier alpha value is -4.79. The molecular weight excluding hydrogens is 496 g/mol. The molecule has 0 radical (unpaired) electrons. The number of nitrogens with two attached hydrogens (primary N) is 1. The number of morpholine rings is 1. The number of nitrogens with one attached hydrogen (secondary N) is 1. The summed E-state index contributed by atoms with van der Waals surface area (Å²) >= 11 is 6.32. The summed E-state index contributed by atoms with van der Waals surface area (Å²) in [6.45, 7) is 1.07. The van der Waals surface area contributed by atoms with Crippen LogP contribution in [0, 0.1) is 11.3 Å². The SMILES string of the molecule is N#Cc1cnc(Nc2ccc(N3CCOCC3=O)cc2)nc1-c1cnn(-c2ccc(C(N)=O)cc2Cl)c1. The van der Waals surface area contributed by atoms with Gasteiger partial charge in [-0.05, 0) is 42.5 Å². The highest BCUT2D eigenvalue weighted by Gasteiger charge is 2.20. The molecule has 3 heterocycles. The van der Waals surface area contributed by atoms with Crippen molar-refractivity contribution in [2.75, 3.05) is 30.0 Å². The predicted molar refractivity (Wildman–Crippen MR) is 136 cm³/mol. The number of rotatable bonds is 6. The number of benzene rings is 2. The molecule has 1 fully saturated rings. The maximum atomic E-state index is 12.1. The molecule has 11 nitrogen and oxygen atoms in total. The lowest BCUT2D eigenvalue weighted by Crippen LogP contribution is -2.41. The maximum Gasteiger partial charge on any atom is 0.253 e. The highest BCUT2D eigenvalue weighted by atomic mass is 35.5. The number of hydrogen-bond acceptors (Lipinski definition) is 8. The van der Waals surface area contributed by atoms with Gasteiger partial charge in [0, 0.05) is 35.2 Å². The van der Waals surface area contributed by atoms with Crippen molar-refractivity contribution >= 4 is 40.7 Å². The largest absolute Gasteiger partial charge is 0.370 e. The fourth-order valence-corrected chi connectivity index (χ4v) is 4.08. The van der Waals surface area contributed by atoms with Gasteiger partial charge in [0.15, 0.2) is 0 Å². The Bertz CT molecular complexity index is 1540. The van der Waals surface area contributed by atoms with Gasteiger partial charge in [-0.15, -0.1) is 0 Å². The second kappa shape index (κ2) is 10.1. The second-order valence-corrected chi connectivity index (χ2v) is 8.45. The topological polar surface area (TPSA) is 152 Å². The van der Waals surface area contributed by atoms with Crippen LogP contribution in [0.2, 0.25) is 5.02 Å². The molecule has 4 aromatic rings. The summed E-state index contributed by atoms with van der Waals surface area (Å²) < 4.78 is 6.69. The molecule has 5 rings (SSSR count). The molecule has 0 saturated carbocycles. The first kappa shape index (κ1) is 23.9. The molecule has 2 aromatic carbocycles. The Morgan fingerprint density at radius 1 is 1.19 bits per heavy atom. The average molecular weight is 515 g/mol. The lowest BCUT2D eigenvalue weighted by atomic mass is 10.1. The van der Waals surface area contributed by atoms with Gasteiger partial charge in [0.05, 0.1) is 41.0 Å². The molecule has 0 aliphatic carbocycles. The van der Waals surface area contributed by atoms with E-state index < -0.39 is 5.91 Å². The number of carbonyl (C=O) groups excluding carboxylic acids is 2. The molecule has 0 atom stereocenters. The summed E-state index contributed by atoms with van der Waals surface area (Å²) in [6, 6.07) is 14.0. The molecule has 2 amide bonds. The minimum atomic E-state index is -0.585. The normalized spacial score (nSPS) is 13.3. The summed E-state index contributed by atoms with van der Waals surface area (Å²) in [5.41, 5.74) is 8.81. The molecule has 3 N–H and O–H groups in total. The van der Waals surface area contributed by atoms with Gasteiger partial charge in [0.25, 0.3) is 5.91 Å². The first-order valence-corrected chi connectivity index (χ1v) is 11.5. The monoisotopic (exact) mass is 514 g/mol. The summed E-state index contributed by atoms with van der Waals surface area (Å²) in [5.74, 6) is -0.392. The zero-order valence-electron chi connectivity index (χ0n) is 19.3. The van der Waals surface area contributed by atoms with E-state index in [1.165, 1.54) is 16.9 Å². The quantitative estimate of drug-likeness (QED) is 0.398. The van der Waals surface area contributed by atoms with Crippen LogP contribution in [0.15, 0.2) is 61.1 Å². The number of primary amides is 1. The second-order valence-electron chi connectivity index (χ2n) is 8.04. The van der Waals surface area contributed by atoms with E-state index in [9.17, 15) is 14.9 Å². The summed E-state index contributed by atoms with van der Waals surface area (Å²) in [4.78, 5) is 33.9. The Morgan fingerprint density at radius 3 is 2.70 bits per heavy atom. The van der Waals surface area contributed by atoms with Gasteiger partial charge < -0.3 is 20.7 Å². The van der Waals surface area contributed by atoms with E-state index in [1.54, 1.807) is 29.4 Å². The standard InChI is InChI=1S/C25H19ClN8O3/c26-20-9-15(24(28)36)1-6-21(20)34-13-17(12-30-34)23-16(10-27)11-29-25(32-23)31-18-2-4-19(5-3-18)33-7-8-37-14-22(33)35/h1-6,9,11-13H,7-8,14H2,(H2,28,36)(H,29,31,32). The molecule has 0 unspecified atom stereocenters. The van der Waals surface area contributed by atoms with Crippen LogP contribution in [0.1, 0.15) is 15.9 Å². The van der Waals surface area contributed by atoms with Crippen molar-refractivity contribution in [2.45, 2.75) is 0 Å². The molecule has 37 heavy (non-hydrogen) atoms. The highest BCUT2D eigenvalue weighted by molar-refractivity contribution is 6.32. The van der Waals surface area contributed by atoms with Gasteiger partial charge >= 0.3 is 0 Å². The number of ether oxygens (including phenoxy) is 1. The van der Waals surface area contributed by atoms with Gasteiger partial charge in [-0.2, -0.15) is 10.4 Å². The third-order valence-electron chi connectivity index (χ3n) is 5.67. The summed E-state index contributed by atoms with van der Waals surface area (Å²) in [7, 11) is 0. The number of nitrogens with zero attached hydrogens (tertiary/aromatic N) is 6. The Balaban J connectivity index is 1.39. The van der Waals surface area contributed by atoms with Crippen LogP contribution < -0.4 is 16.0 Å². The maximum absolute atomic E-state index is 12.1. The third kappa shape index (κ3) is 4.97. The van der Waals surface area contributed by atoms with Crippen LogP contribution in [-0.2, 0) is 9.53 Å². The van der Waals surface area contributed by atoms with Crippen molar-refractivity contribution in [3.8, 4) is 23.0 Å². The smallest absolute Gasteiger partial charge is 0.253 e. The van der Waals surface area contributed by atoms with Crippen molar-refractivity contribution in [3.05, 3.63) is 77.2 Å². The molecule has 0 spiro atoms. The lowest BCUT2D eigenvalue weighted by molar-refractivity contribution is -0.125. The van der Waals surface area contributed by atoms with E-state index in [2.05, 4.69) is 26.5 Å². The van der Waals surface area contributed by atoms with Gasteiger partial charge in [-0.1, -0.05) is 11.6 Å². The Morgan fingerprint density at radius 2 is 2.00 bits per heavy atom. The Kier molecular flexibility index (Phi) is 6.51. The number of carbonyl (C=O) groups is 2. The predicted octanol–water partition coefficient (Wildman–Crippen LogP) is 3.06. The van der Waals surface area contributed by atoms with Crippen molar-refractivity contribution in [3.63, 3.8) is 0 Å². The number of halogens is 1. The van der Waals surface area contributed by atoms with Crippen LogP contribution >= 0.6 is 11.6 Å². The molecule has 1 aliphatic rings. The number of anilines is 3. The summed E-state index contributed by atoms with van der Waals surface area (Å²) in [6.07, 6.45) is 4.66. The highest BCUT2D eigenvalue weighted by Crippen LogP contribution is 2.27. The molecule has 1 saturated heterocycles. The summed E-state index contributed by atoms with van der Waals surface area (Å²) in [5, 5.41) is 17.3. The van der Waals surface area contributed by atoms with E-state index in [0.717, 1.165) is 5.69 Å². The first-order chi connectivity index (χ1) is 17.9. The number of amides is 2. The van der Waals surface area contributed by atoms with Crippen LogP contribution in [0.4, 0.5) is 17.3 Å². The van der Waals surface area contributed by atoms with Crippen LogP contribution in [-0.4, -0.2) is 51.3 Å². The molecule has 0 bridgehead atoms. The molecule has 1 aliphatic heterocycles. The molecule has 2 aromatic heterocycles. The number of hydrogen-bond donors (Lipinski definition) is 2. The lowest BCUT2D eigenvalue weighted by Gasteiger charge is -2.26. The zero-order chi connectivity index (χ0) is 25.9. The van der Waals surface area contributed by atoms with Crippen LogP contribution in [0.5, 0.6) is 0 Å². The van der Waals surface area contributed by atoms with Crippen LogP contribution in [0.25, 0.3) is 16.9 Å². The average Bonchev–Trinajstić information content (AvgIpc) is 3.39. The minimum absolute atomic E-state index is 0.0728. The van der Waals surface area contributed by atoms with Gasteiger partial charge in [0.2, 0.25) is 11.9 Å². The van der Waals surface area contributed by atoms with E-state index >= 15 is 0 Å². The third-order valence-corrected chi connectivity index (χ3v) is 5.97. The molecular formula is C25H19ClN8O3. The fourth-order valence-electron chi connectivity index (χ4n) is 3.81. The molecule has 184 valence electrons. The van der Waals surface area contributed by atoms with E-state index in [1.807, 2.05) is 24.3 Å². The molecule has 12 heteroatoms. The van der Waals surface area contributed by atoms with Crippen molar-refractivity contribution in [1.82, 2.24) is 19.7 Å².